The first-order valence-corrected chi connectivity index (χ1v) is 11.1. The zero-order valence-electron chi connectivity index (χ0n) is 18.6. The predicted molar refractivity (Wildman–Crippen MR) is 134 cm³/mol. The summed E-state index contributed by atoms with van der Waals surface area (Å²) in [6.07, 6.45) is 1.19. The highest BCUT2D eigenvalue weighted by Crippen LogP contribution is 2.36. The fourth-order valence-corrected chi connectivity index (χ4v) is 3.61. The average molecular weight is 541 g/mol. The van der Waals surface area contributed by atoms with Crippen molar-refractivity contribution in [1.29, 1.82) is 0 Å². The molecule has 3 aromatic carbocycles. The third-order valence-corrected chi connectivity index (χ3v) is 5.19. The maximum Gasteiger partial charge on any atom is 0.273 e. The molecule has 0 unspecified atom stereocenters. The van der Waals surface area contributed by atoms with Gasteiger partial charge in [-0.25, -0.2) is 5.43 Å². The molecular formula is C24H21BrN4O6. The molecule has 0 atom stereocenters. The van der Waals surface area contributed by atoms with Gasteiger partial charge in [0.2, 0.25) is 5.91 Å². The number of nitro benzene ring substituents is 1. The summed E-state index contributed by atoms with van der Waals surface area (Å²) < 4.78 is 11.5. The number of hydrogen-bond acceptors (Lipinski definition) is 7. The van der Waals surface area contributed by atoms with Gasteiger partial charge in [-0.3, -0.25) is 19.7 Å². The van der Waals surface area contributed by atoms with Gasteiger partial charge < -0.3 is 14.8 Å². The first-order valence-electron chi connectivity index (χ1n) is 10.3. The van der Waals surface area contributed by atoms with Crippen molar-refractivity contribution >= 4 is 45.3 Å². The summed E-state index contributed by atoms with van der Waals surface area (Å²) in [5.41, 5.74) is 3.73. The van der Waals surface area contributed by atoms with Crippen LogP contribution in [0.4, 0.5) is 11.4 Å². The highest BCUT2D eigenvalue weighted by Gasteiger charge is 2.16. The number of halogens is 1. The lowest BCUT2D eigenvalue weighted by atomic mass is 10.1. The molecule has 2 N–H and O–H groups in total. The van der Waals surface area contributed by atoms with Crippen molar-refractivity contribution < 1.29 is 24.0 Å². The number of nitrogens with zero attached hydrogens (tertiary/aromatic N) is 2. The lowest BCUT2D eigenvalue weighted by Crippen LogP contribution is -2.20. The molecule has 180 valence electrons. The second kappa shape index (κ2) is 12.3. The Morgan fingerprint density at radius 2 is 1.80 bits per heavy atom. The Balaban J connectivity index is 1.60. The fourth-order valence-electron chi connectivity index (χ4n) is 3.04. The van der Waals surface area contributed by atoms with Crippen LogP contribution in [-0.2, 0) is 16.0 Å². The molecule has 3 aromatic rings. The predicted octanol–water partition coefficient (Wildman–Crippen LogP) is 4.08. The molecule has 10 nitrogen and oxygen atoms in total. The number of nitrogens with one attached hydrogen (secondary N) is 2. The van der Waals surface area contributed by atoms with Crippen LogP contribution in [-0.4, -0.2) is 36.7 Å². The van der Waals surface area contributed by atoms with E-state index in [4.69, 9.17) is 9.47 Å². The first kappa shape index (κ1) is 25.4. The van der Waals surface area contributed by atoms with Crippen molar-refractivity contribution in [3.05, 3.63) is 92.4 Å². The van der Waals surface area contributed by atoms with Crippen LogP contribution in [0.5, 0.6) is 11.5 Å². The average Bonchev–Trinajstić information content (AvgIpc) is 2.84. The molecule has 2 amide bonds. The van der Waals surface area contributed by atoms with Crippen LogP contribution in [0.15, 0.2) is 76.3 Å². The van der Waals surface area contributed by atoms with E-state index in [1.54, 1.807) is 30.3 Å². The summed E-state index contributed by atoms with van der Waals surface area (Å²) in [5.74, 6) is -0.170. The number of hydrazone groups is 1. The molecule has 0 saturated heterocycles. The van der Waals surface area contributed by atoms with E-state index in [1.807, 2.05) is 18.2 Å². The van der Waals surface area contributed by atoms with Crippen molar-refractivity contribution in [2.45, 2.75) is 6.42 Å². The number of benzene rings is 3. The number of carbonyl (C=O) groups excluding carboxylic acids is 2. The zero-order chi connectivity index (χ0) is 25.2. The normalized spacial score (nSPS) is 10.6. The van der Waals surface area contributed by atoms with E-state index in [0.717, 1.165) is 0 Å². The van der Waals surface area contributed by atoms with Gasteiger partial charge in [0.05, 0.1) is 29.1 Å². The number of rotatable bonds is 10. The number of carbonyl (C=O) groups is 2. The molecule has 0 aliphatic carbocycles. The molecule has 3 rings (SSSR count). The Labute approximate surface area is 209 Å². The van der Waals surface area contributed by atoms with Crippen molar-refractivity contribution in [3.8, 4) is 11.5 Å². The Morgan fingerprint density at radius 1 is 1.09 bits per heavy atom. The van der Waals surface area contributed by atoms with Gasteiger partial charge in [0.15, 0.2) is 18.1 Å². The van der Waals surface area contributed by atoms with Crippen molar-refractivity contribution in [1.82, 2.24) is 5.43 Å². The van der Waals surface area contributed by atoms with Crippen LogP contribution < -0.4 is 20.2 Å². The molecular weight excluding hydrogens is 520 g/mol. The van der Waals surface area contributed by atoms with Crippen LogP contribution in [0.1, 0.15) is 11.1 Å². The molecule has 0 aromatic heterocycles. The SMILES string of the molecule is COc1cc(/C=N/NC(=O)Cc2ccccc2[N+](=O)[O-])cc(Br)c1OCC(=O)Nc1ccccc1. The Kier molecular flexibility index (Phi) is 8.90. The minimum absolute atomic E-state index is 0.131. The smallest absolute Gasteiger partial charge is 0.273 e. The minimum Gasteiger partial charge on any atom is -0.493 e. The summed E-state index contributed by atoms with van der Waals surface area (Å²) in [6.45, 7) is -0.237. The van der Waals surface area contributed by atoms with Gasteiger partial charge in [-0.2, -0.15) is 5.10 Å². The van der Waals surface area contributed by atoms with E-state index in [1.165, 1.54) is 31.5 Å². The molecule has 0 bridgehead atoms. The summed E-state index contributed by atoms with van der Waals surface area (Å²) in [4.78, 5) is 34.9. The van der Waals surface area contributed by atoms with Crippen molar-refractivity contribution in [2.24, 2.45) is 5.10 Å². The molecule has 0 fully saturated rings. The third-order valence-electron chi connectivity index (χ3n) is 4.60. The standard InChI is InChI=1S/C24H21BrN4O6/c1-34-21-12-16(14-26-28-22(30)13-17-7-5-6-10-20(17)29(32)33)11-19(25)24(21)35-15-23(31)27-18-8-3-2-4-9-18/h2-12,14H,13,15H2,1H3,(H,27,31)(H,28,30)/b26-14+. The monoisotopic (exact) mass is 540 g/mol. The third kappa shape index (κ3) is 7.37. The van der Waals surface area contributed by atoms with Gasteiger partial charge in [-0.1, -0.05) is 36.4 Å². The second-order valence-electron chi connectivity index (χ2n) is 7.09. The highest BCUT2D eigenvalue weighted by molar-refractivity contribution is 9.10. The summed E-state index contributed by atoms with van der Waals surface area (Å²) in [6, 6.07) is 18.3. The number of anilines is 1. The van der Waals surface area contributed by atoms with E-state index in [0.29, 0.717) is 27.2 Å². The molecule has 0 spiro atoms. The molecule has 11 heteroatoms. The zero-order valence-corrected chi connectivity index (χ0v) is 20.2. The summed E-state index contributed by atoms with van der Waals surface area (Å²) in [5, 5.41) is 17.7. The molecule has 0 aliphatic rings. The largest absolute Gasteiger partial charge is 0.493 e. The highest BCUT2D eigenvalue weighted by atomic mass is 79.9. The van der Waals surface area contributed by atoms with Crippen molar-refractivity contribution in [2.75, 3.05) is 19.0 Å². The van der Waals surface area contributed by atoms with E-state index in [9.17, 15) is 19.7 Å². The maximum atomic E-state index is 12.2. The number of methoxy groups -OCH3 is 1. The van der Waals surface area contributed by atoms with Gasteiger partial charge in [0, 0.05) is 17.3 Å². The Bertz CT molecular complexity index is 1250. The molecule has 0 heterocycles. The van der Waals surface area contributed by atoms with E-state index in [-0.39, 0.29) is 30.2 Å². The topological polar surface area (TPSA) is 132 Å². The van der Waals surface area contributed by atoms with E-state index in [2.05, 4.69) is 31.8 Å². The van der Waals surface area contributed by atoms with Gasteiger partial charge in [-0.05, 0) is 45.8 Å². The fraction of sp³-hybridized carbons (Fsp3) is 0.125. The van der Waals surface area contributed by atoms with Gasteiger partial charge in [0.1, 0.15) is 0 Å². The van der Waals surface area contributed by atoms with Crippen LogP contribution in [0.2, 0.25) is 0 Å². The van der Waals surface area contributed by atoms with Crippen LogP contribution in [0.25, 0.3) is 0 Å². The van der Waals surface area contributed by atoms with Crippen molar-refractivity contribution in [3.63, 3.8) is 0 Å². The number of para-hydroxylation sites is 2. The van der Waals surface area contributed by atoms with Crippen LogP contribution in [0.3, 0.4) is 0 Å². The number of hydrogen-bond donors (Lipinski definition) is 2. The molecule has 0 saturated carbocycles. The van der Waals surface area contributed by atoms with Crippen LogP contribution >= 0.6 is 15.9 Å². The maximum absolute atomic E-state index is 12.2. The lowest BCUT2D eigenvalue weighted by molar-refractivity contribution is -0.385. The number of ether oxygens (including phenoxy) is 2. The molecule has 35 heavy (non-hydrogen) atoms. The Hall–Kier alpha value is -4.25. The number of nitro groups is 1. The van der Waals surface area contributed by atoms with E-state index >= 15 is 0 Å². The van der Waals surface area contributed by atoms with Gasteiger partial charge in [-0.15, -0.1) is 0 Å². The minimum atomic E-state index is -0.537. The number of amides is 2. The summed E-state index contributed by atoms with van der Waals surface area (Å²) in [7, 11) is 1.45. The Morgan fingerprint density at radius 3 is 2.51 bits per heavy atom. The molecule has 0 radical (unpaired) electrons. The lowest BCUT2D eigenvalue weighted by Gasteiger charge is -2.13. The van der Waals surface area contributed by atoms with Gasteiger partial charge >= 0.3 is 0 Å². The quantitative estimate of drug-likeness (QED) is 0.226. The van der Waals surface area contributed by atoms with Gasteiger partial charge in [0.25, 0.3) is 11.6 Å². The second-order valence-corrected chi connectivity index (χ2v) is 7.95. The molecule has 0 aliphatic heterocycles. The first-order chi connectivity index (χ1) is 16.9. The van der Waals surface area contributed by atoms with Crippen LogP contribution in [0, 0.1) is 10.1 Å². The van der Waals surface area contributed by atoms with E-state index < -0.39 is 10.8 Å². The summed E-state index contributed by atoms with van der Waals surface area (Å²) >= 11 is 3.39.